The minimum atomic E-state index is -4.79. The topological polar surface area (TPSA) is 144 Å². The van der Waals surface area contributed by atoms with Gasteiger partial charge in [0.2, 0.25) is 0 Å². The molecule has 33 heavy (non-hydrogen) atoms. The quantitative estimate of drug-likeness (QED) is 0.235. The number of nitrogens with one attached hydrogen (secondary N) is 3. The lowest BCUT2D eigenvalue weighted by molar-refractivity contribution is -0.389. The minimum Gasteiger partial charge on any atom is -0.446 e. The molecule has 174 valence electrons. The van der Waals surface area contributed by atoms with Crippen molar-refractivity contribution in [2.45, 2.75) is 12.9 Å². The molecule has 0 aliphatic rings. The van der Waals surface area contributed by atoms with Crippen molar-refractivity contribution in [2.24, 2.45) is 0 Å². The zero-order chi connectivity index (χ0) is 23.8. The lowest BCUT2D eigenvalue weighted by Gasteiger charge is -2.10. The highest BCUT2D eigenvalue weighted by Gasteiger charge is 2.31. The number of halogens is 3. The summed E-state index contributed by atoms with van der Waals surface area (Å²) in [4.78, 5) is 32.4. The maximum Gasteiger partial charge on any atom is 0.573 e. The first-order valence-electron chi connectivity index (χ1n) is 9.34. The standard InChI is InChI=1S/C19H17F3N6O5/c20-19(21,22)33-14-4-2-13(3-5-14)26-17(29)15-6-1-12(10-24-15)9-23-7-8-32-18-25-11-16(27-18)28(30)31/h1-6,10-11,23H,7-9H2,(H,25,27)(H,26,29). The fourth-order valence-electron chi connectivity index (χ4n) is 2.51. The maximum absolute atomic E-state index is 12.2. The number of rotatable bonds is 10. The Morgan fingerprint density at radius 3 is 2.48 bits per heavy atom. The summed E-state index contributed by atoms with van der Waals surface area (Å²) in [6.45, 7) is 1.06. The second-order valence-electron chi connectivity index (χ2n) is 6.43. The molecule has 1 amide bonds. The average Bonchev–Trinajstić information content (AvgIpc) is 3.24. The van der Waals surface area contributed by atoms with Crippen molar-refractivity contribution < 1.29 is 32.4 Å². The highest BCUT2D eigenvalue weighted by Crippen LogP contribution is 2.24. The van der Waals surface area contributed by atoms with Gasteiger partial charge in [-0.1, -0.05) is 6.07 Å². The van der Waals surface area contributed by atoms with Gasteiger partial charge in [-0.15, -0.1) is 13.2 Å². The summed E-state index contributed by atoms with van der Waals surface area (Å²) in [5, 5.41) is 16.2. The van der Waals surface area contributed by atoms with Gasteiger partial charge in [-0.2, -0.15) is 9.97 Å². The molecule has 0 fully saturated rings. The Balaban J connectivity index is 1.40. The van der Waals surface area contributed by atoms with E-state index in [0.717, 1.165) is 23.9 Å². The van der Waals surface area contributed by atoms with E-state index >= 15 is 0 Å². The van der Waals surface area contributed by atoms with Gasteiger partial charge in [-0.05, 0) is 40.8 Å². The van der Waals surface area contributed by atoms with Gasteiger partial charge < -0.3 is 30.2 Å². The summed E-state index contributed by atoms with van der Waals surface area (Å²) in [6.07, 6.45) is -2.23. The van der Waals surface area contributed by atoms with E-state index in [1.165, 1.54) is 24.4 Å². The fourth-order valence-corrected chi connectivity index (χ4v) is 2.51. The molecule has 2 aromatic heterocycles. The van der Waals surface area contributed by atoms with Gasteiger partial charge in [-0.3, -0.25) is 9.78 Å². The third kappa shape index (κ3) is 7.46. The van der Waals surface area contributed by atoms with Crippen LogP contribution in [0.2, 0.25) is 0 Å². The molecule has 1 aromatic carbocycles. The first-order chi connectivity index (χ1) is 15.7. The van der Waals surface area contributed by atoms with E-state index in [1.54, 1.807) is 6.07 Å². The zero-order valence-corrected chi connectivity index (χ0v) is 16.8. The van der Waals surface area contributed by atoms with Gasteiger partial charge in [0, 0.05) is 25.0 Å². The fraction of sp³-hybridized carbons (Fsp3) is 0.211. The van der Waals surface area contributed by atoms with E-state index in [0.29, 0.717) is 13.1 Å². The predicted molar refractivity (Wildman–Crippen MR) is 108 cm³/mol. The lowest BCUT2D eigenvalue weighted by Crippen LogP contribution is -2.21. The molecule has 2 heterocycles. The third-order valence-corrected chi connectivity index (χ3v) is 3.99. The van der Waals surface area contributed by atoms with Crippen LogP contribution in [-0.4, -0.2) is 45.3 Å². The molecule has 0 atom stereocenters. The molecule has 0 radical (unpaired) electrons. The predicted octanol–water partition coefficient (Wildman–Crippen LogP) is 3.03. The number of H-pyrrole nitrogens is 1. The van der Waals surface area contributed by atoms with E-state index < -0.39 is 22.9 Å². The first-order valence-corrected chi connectivity index (χ1v) is 9.34. The largest absolute Gasteiger partial charge is 0.573 e. The van der Waals surface area contributed by atoms with E-state index in [2.05, 4.69) is 30.3 Å². The number of aromatic nitrogens is 3. The zero-order valence-electron chi connectivity index (χ0n) is 16.8. The molecule has 3 rings (SSSR count). The van der Waals surface area contributed by atoms with Crippen molar-refractivity contribution in [3.05, 3.63) is 70.2 Å². The molecule has 0 spiro atoms. The van der Waals surface area contributed by atoms with Crippen LogP contribution in [0.3, 0.4) is 0 Å². The summed E-state index contributed by atoms with van der Waals surface area (Å²) < 4.78 is 45.6. The first kappa shape index (κ1) is 23.5. The number of hydrogen-bond donors (Lipinski definition) is 3. The molecule has 0 aliphatic carbocycles. The summed E-state index contributed by atoms with van der Waals surface area (Å²) in [6, 6.07) is 7.96. The summed E-state index contributed by atoms with van der Waals surface area (Å²) in [5.74, 6) is -1.19. The average molecular weight is 466 g/mol. The normalized spacial score (nSPS) is 11.1. The number of aromatic amines is 1. The Hall–Kier alpha value is -4.20. The highest BCUT2D eigenvalue weighted by molar-refractivity contribution is 6.02. The lowest BCUT2D eigenvalue weighted by atomic mass is 10.2. The van der Waals surface area contributed by atoms with Crippen LogP contribution in [0.4, 0.5) is 24.7 Å². The van der Waals surface area contributed by atoms with Crippen LogP contribution in [0.5, 0.6) is 11.8 Å². The van der Waals surface area contributed by atoms with Crippen molar-refractivity contribution >= 4 is 17.4 Å². The van der Waals surface area contributed by atoms with Gasteiger partial charge >= 0.3 is 18.2 Å². The molecule has 0 saturated carbocycles. The van der Waals surface area contributed by atoms with Crippen LogP contribution in [0.25, 0.3) is 0 Å². The van der Waals surface area contributed by atoms with Crippen LogP contribution in [-0.2, 0) is 6.54 Å². The van der Waals surface area contributed by atoms with Gasteiger partial charge in [0.05, 0.1) is 0 Å². The Morgan fingerprint density at radius 1 is 1.12 bits per heavy atom. The number of nitro groups is 1. The monoisotopic (exact) mass is 466 g/mol. The van der Waals surface area contributed by atoms with Gasteiger partial charge in [-0.25, -0.2) is 0 Å². The van der Waals surface area contributed by atoms with Crippen molar-refractivity contribution in [1.82, 2.24) is 20.3 Å². The van der Waals surface area contributed by atoms with Crippen molar-refractivity contribution in [1.29, 1.82) is 0 Å². The number of pyridine rings is 1. The molecule has 0 aliphatic heterocycles. The Morgan fingerprint density at radius 2 is 1.88 bits per heavy atom. The molecule has 3 aromatic rings. The van der Waals surface area contributed by atoms with E-state index in [4.69, 9.17) is 4.74 Å². The molecule has 14 heteroatoms. The maximum atomic E-state index is 12.2. The third-order valence-electron chi connectivity index (χ3n) is 3.99. The number of hydrogen-bond acceptors (Lipinski definition) is 8. The molecule has 0 bridgehead atoms. The van der Waals surface area contributed by atoms with Gasteiger partial charge in [0.15, 0.2) is 0 Å². The summed E-state index contributed by atoms with van der Waals surface area (Å²) in [7, 11) is 0. The molecule has 11 nitrogen and oxygen atoms in total. The second-order valence-corrected chi connectivity index (χ2v) is 6.43. The van der Waals surface area contributed by atoms with Crippen LogP contribution in [0.15, 0.2) is 48.8 Å². The number of carbonyl (C=O) groups is 1. The van der Waals surface area contributed by atoms with Crippen molar-refractivity contribution in [3.8, 4) is 11.8 Å². The van der Waals surface area contributed by atoms with Crippen LogP contribution in [0.1, 0.15) is 16.1 Å². The second kappa shape index (κ2) is 10.4. The SMILES string of the molecule is O=C(Nc1ccc(OC(F)(F)F)cc1)c1ccc(CNCCOc2ncc([N+](=O)[O-])[nH]2)cn1. The number of imidazole rings is 1. The Kier molecular flexibility index (Phi) is 7.40. The Labute approximate surface area is 184 Å². The van der Waals surface area contributed by atoms with Crippen molar-refractivity contribution in [3.63, 3.8) is 0 Å². The number of carbonyl (C=O) groups excluding carboxylic acids is 1. The number of benzene rings is 1. The van der Waals surface area contributed by atoms with Gasteiger partial charge in [0.1, 0.15) is 24.2 Å². The molecule has 3 N–H and O–H groups in total. The molecule has 0 unspecified atom stereocenters. The number of alkyl halides is 3. The Bertz CT molecular complexity index is 1090. The molecule has 0 saturated heterocycles. The van der Waals surface area contributed by atoms with Crippen molar-refractivity contribution in [2.75, 3.05) is 18.5 Å². The number of ether oxygens (including phenoxy) is 2. The molecular weight excluding hydrogens is 449 g/mol. The number of anilines is 1. The van der Waals surface area contributed by atoms with E-state index in [-0.39, 0.29) is 29.8 Å². The van der Waals surface area contributed by atoms with Crippen LogP contribution in [0, 0.1) is 10.1 Å². The van der Waals surface area contributed by atoms with Crippen LogP contribution >= 0.6 is 0 Å². The number of nitrogens with zero attached hydrogens (tertiary/aromatic N) is 3. The number of amides is 1. The van der Waals surface area contributed by atoms with Crippen LogP contribution < -0.4 is 20.1 Å². The van der Waals surface area contributed by atoms with Gasteiger partial charge in [0.25, 0.3) is 5.91 Å². The van der Waals surface area contributed by atoms with E-state index in [1.807, 2.05) is 0 Å². The minimum absolute atomic E-state index is 0.0445. The summed E-state index contributed by atoms with van der Waals surface area (Å²) >= 11 is 0. The summed E-state index contributed by atoms with van der Waals surface area (Å²) in [5.41, 5.74) is 1.19. The molecular formula is C19H17F3N6O5. The van der Waals surface area contributed by atoms with E-state index in [9.17, 15) is 28.1 Å². The highest BCUT2D eigenvalue weighted by atomic mass is 19.4. The smallest absolute Gasteiger partial charge is 0.446 e.